The largest absolute Gasteiger partial charge is 0.443 e. The number of thioether (sulfide) groups is 1. The zero-order valence-electron chi connectivity index (χ0n) is 17.3. The second kappa shape index (κ2) is 8.47. The van der Waals surface area contributed by atoms with Crippen molar-refractivity contribution < 1.29 is 14.0 Å². The zero-order chi connectivity index (χ0) is 21.3. The van der Waals surface area contributed by atoms with E-state index in [0.29, 0.717) is 27.6 Å². The molecule has 1 aromatic carbocycles. The summed E-state index contributed by atoms with van der Waals surface area (Å²) in [7, 11) is 0. The van der Waals surface area contributed by atoms with Crippen LogP contribution in [0.3, 0.4) is 0 Å². The lowest BCUT2D eigenvalue weighted by Crippen LogP contribution is -2.34. The van der Waals surface area contributed by atoms with E-state index in [-0.39, 0.29) is 17.1 Å². The molecular weight excluding hydrogens is 400 g/mol. The van der Waals surface area contributed by atoms with Gasteiger partial charge in [-0.1, -0.05) is 30.0 Å². The predicted molar refractivity (Wildman–Crippen MR) is 117 cm³/mol. The van der Waals surface area contributed by atoms with E-state index in [1.807, 2.05) is 43.9 Å². The third kappa shape index (κ3) is 4.05. The van der Waals surface area contributed by atoms with Crippen LogP contribution in [-0.4, -0.2) is 45.0 Å². The zero-order valence-corrected chi connectivity index (χ0v) is 18.1. The van der Waals surface area contributed by atoms with Crippen LogP contribution < -0.4 is 5.32 Å². The second-order valence-electron chi connectivity index (χ2n) is 7.43. The van der Waals surface area contributed by atoms with Crippen molar-refractivity contribution in [3.63, 3.8) is 0 Å². The number of rotatable bonds is 5. The summed E-state index contributed by atoms with van der Waals surface area (Å²) in [5, 5.41) is 3.65. The van der Waals surface area contributed by atoms with Crippen LogP contribution in [0.2, 0.25) is 0 Å². The fraction of sp³-hybridized carbons (Fsp3) is 0.364. The minimum Gasteiger partial charge on any atom is -0.443 e. The van der Waals surface area contributed by atoms with Gasteiger partial charge in [-0.2, -0.15) is 4.98 Å². The van der Waals surface area contributed by atoms with Crippen LogP contribution in [0.4, 0.5) is 5.82 Å². The second-order valence-corrected chi connectivity index (χ2v) is 8.74. The van der Waals surface area contributed by atoms with Crippen LogP contribution in [0, 0.1) is 13.8 Å². The SMILES string of the molecule is Cc1oc2nc(S[C@@H](C)C(=O)N3CCCC3)nc(NC(=O)c3ccccc3)c2c1C. The van der Waals surface area contributed by atoms with Crippen LogP contribution >= 0.6 is 11.8 Å². The Labute approximate surface area is 179 Å². The van der Waals surface area contributed by atoms with Crippen molar-refractivity contribution in [1.29, 1.82) is 0 Å². The predicted octanol–water partition coefficient (Wildman–Crippen LogP) is 4.19. The first-order valence-electron chi connectivity index (χ1n) is 10.0. The lowest BCUT2D eigenvalue weighted by molar-refractivity contribution is -0.129. The number of carbonyl (C=O) groups is 2. The minimum atomic E-state index is -0.324. The molecule has 0 spiro atoms. The van der Waals surface area contributed by atoms with E-state index in [4.69, 9.17) is 4.42 Å². The van der Waals surface area contributed by atoms with Crippen LogP contribution in [0.15, 0.2) is 39.9 Å². The number of anilines is 1. The van der Waals surface area contributed by atoms with Crippen molar-refractivity contribution in [1.82, 2.24) is 14.9 Å². The van der Waals surface area contributed by atoms with Crippen molar-refractivity contribution in [2.45, 2.75) is 44.0 Å². The molecule has 8 heteroatoms. The minimum absolute atomic E-state index is 0.0860. The van der Waals surface area contributed by atoms with Gasteiger partial charge in [0.25, 0.3) is 5.91 Å². The van der Waals surface area contributed by atoms with Crippen LogP contribution in [0.5, 0.6) is 0 Å². The smallest absolute Gasteiger partial charge is 0.256 e. The summed E-state index contributed by atoms with van der Waals surface area (Å²) in [5.41, 5.74) is 1.83. The Hall–Kier alpha value is -2.87. The number of amides is 2. The summed E-state index contributed by atoms with van der Waals surface area (Å²) < 4.78 is 5.80. The van der Waals surface area contributed by atoms with Crippen molar-refractivity contribution in [2.24, 2.45) is 0 Å². The van der Waals surface area contributed by atoms with Gasteiger partial charge < -0.3 is 14.6 Å². The number of aryl methyl sites for hydroxylation is 2. The third-order valence-corrected chi connectivity index (χ3v) is 6.27. The van der Waals surface area contributed by atoms with Gasteiger partial charge in [-0.05, 0) is 45.7 Å². The van der Waals surface area contributed by atoms with E-state index in [1.54, 1.807) is 12.1 Å². The number of likely N-dealkylation sites (tertiary alicyclic amines) is 1. The van der Waals surface area contributed by atoms with Crippen molar-refractivity contribution in [3.8, 4) is 0 Å². The molecule has 1 aliphatic rings. The quantitative estimate of drug-likeness (QED) is 0.488. The molecule has 1 saturated heterocycles. The first-order valence-corrected chi connectivity index (χ1v) is 10.9. The summed E-state index contributed by atoms with van der Waals surface area (Å²) in [4.78, 5) is 36.4. The topological polar surface area (TPSA) is 88.3 Å². The molecule has 2 aromatic heterocycles. The molecule has 3 aromatic rings. The van der Waals surface area contributed by atoms with Crippen molar-refractivity contribution in [3.05, 3.63) is 47.2 Å². The molecule has 0 aliphatic carbocycles. The number of carbonyl (C=O) groups excluding carboxylic acids is 2. The Balaban J connectivity index is 1.64. The fourth-order valence-electron chi connectivity index (χ4n) is 3.55. The Morgan fingerprint density at radius 2 is 1.83 bits per heavy atom. The first kappa shape index (κ1) is 20.4. The lowest BCUT2D eigenvalue weighted by Gasteiger charge is -2.19. The van der Waals surface area contributed by atoms with Gasteiger partial charge in [-0.25, -0.2) is 4.98 Å². The van der Waals surface area contributed by atoms with E-state index in [1.165, 1.54) is 11.8 Å². The maximum absolute atomic E-state index is 12.7. The monoisotopic (exact) mass is 424 g/mol. The molecule has 2 amide bonds. The maximum atomic E-state index is 12.7. The van der Waals surface area contributed by atoms with Gasteiger partial charge in [0.05, 0.1) is 10.6 Å². The number of fused-ring (bicyclic) bond motifs is 1. The summed E-state index contributed by atoms with van der Waals surface area (Å²) in [6.45, 7) is 7.23. The van der Waals surface area contributed by atoms with Gasteiger partial charge in [0.2, 0.25) is 11.6 Å². The molecule has 7 nitrogen and oxygen atoms in total. The molecule has 156 valence electrons. The van der Waals surface area contributed by atoms with Gasteiger partial charge >= 0.3 is 0 Å². The average molecular weight is 425 g/mol. The number of benzene rings is 1. The number of aromatic nitrogens is 2. The van der Waals surface area contributed by atoms with Gasteiger partial charge in [0.15, 0.2) is 5.16 Å². The van der Waals surface area contributed by atoms with E-state index in [9.17, 15) is 9.59 Å². The molecule has 1 aliphatic heterocycles. The molecule has 3 heterocycles. The molecule has 1 atom stereocenters. The molecule has 0 saturated carbocycles. The molecule has 4 rings (SSSR count). The molecule has 1 N–H and O–H groups in total. The number of hydrogen-bond donors (Lipinski definition) is 1. The highest BCUT2D eigenvalue weighted by molar-refractivity contribution is 8.00. The van der Waals surface area contributed by atoms with Crippen molar-refractivity contribution >= 4 is 40.5 Å². The Morgan fingerprint density at radius 3 is 2.53 bits per heavy atom. The summed E-state index contributed by atoms with van der Waals surface area (Å²) in [5.74, 6) is 0.943. The van der Waals surface area contributed by atoms with Gasteiger partial charge in [-0.3, -0.25) is 9.59 Å². The van der Waals surface area contributed by atoms with Crippen LogP contribution in [0.1, 0.15) is 41.4 Å². The van der Waals surface area contributed by atoms with Gasteiger partial charge in [0.1, 0.15) is 11.6 Å². The highest BCUT2D eigenvalue weighted by Gasteiger charge is 2.26. The summed E-state index contributed by atoms with van der Waals surface area (Å²) >= 11 is 1.28. The highest BCUT2D eigenvalue weighted by atomic mass is 32.2. The number of hydrogen-bond acceptors (Lipinski definition) is 6. The highest BCUT2D eigenvalue weighted by Crippen LogP contribution is 2.33. The third-order valence-electron chi connectivity index (χ3n) is 5.32. The van der Waals surface area contributed by atoms with Gasteiger partial charge in [-0.15, -0.1) is 0 Å². The van der Waals surface area contributed by atoms with Crippen LogP contribution in [0.25, 0.3) is 11.1 Å². The Bertz CT molecular complexity index is 1090. The van der Waals surface area contributed by atoms with E-state index < -0.39 is 0 Å². The molecular formula is C22H24N4O3S. The van der Waals surface area contributed by atoms with E-state index in [0.717, 1.165) is 37.3 Å². The summed E-state index contributed by atoms with van der Waals surface area (Å²) in [6, 6.07) is 8.97. The molecule has 0 radical (unpaired) electrons. The maximum Gasteiger partial charge on any atom is 0.256 e. The molecule has 1 fully saturated rings. The van der Waals surface area contributed by atoms with E-state index >= 15 is 0 Å². The average Bonchev–Trinajstić information content (AvgIpc) is 3.37. The molecule has 0 unspecified atom stereocenters. The normalized spacial score (nSPS) is 14.8. The Morgan fingerprint density at radius 1 is 1.13 bits per heavy atom. The number of nitrogens with zero attached hydrogens (tertiary/aromatic N) is 3. The molecule has 30 heavy (non-hydrogen) atoms. The number of furan rings is 1. The molecule has 0 bridgehead atoms. The Kier molecular flexibility index (Phi) is 5.76. The summed E-state index contributed by atoms with van der Waals surface area (Å²) in [6.07, 6.45) is 2.10. The number of nitrogens with one attached hydrogen (secondary N) is 1. The van der Waals surface area contributed by atoms with Crippen molar-refractivity contribution in [2.75, 3.05) is 18.4 Å². The lowest BCUT2D eigenvalue weighted by atomic mass is 10.2. The standard InChI is InChI=1S/C22H24N4O3S/c1-13-14(2)29-20-17(13)18(23-19(27)16-9-5-4-6-10-16)24-22(25-20)30-15(3)21(28)26-11-7-8-12-26/h4-6,9-10,15H,7-8,11-12H2,1-3H3,(H,23,24,25,27)/t15-/m0/s1. The van der Waals surface area contributed by atoms with E-state index in [2.05, 4.69) is 15.3 Å². The fourth-order valence-corrected chi connectivity index (χ4v) is 4.39. The van der Waals surface area contributed by atoms with Gasteiger partial charge in [0, 0.05) is 24.2 Å². The first-order chi connectivity index (χ1) is 14.4. The van der Waals surface area contributed by atoms with Crippen LogP contribution in [-0.2, 0) is 4.79 Å².